The number of carbonyl (C=O) groups excluding carboxylic acids is 1. The largest absolute Gasteiger partial charge is 0.468 e. The topological polar surface area (TPSA) is 92.1 Å². The lowest BCUT2D eigenvalue weighted by Gasteiger charge is -2.26. The molecule has 1 unspecified atom stereocenters. The van der Waals surface area contributed by atoms with E-state index in [2.05, 4.69) is 5.32 Å². The van der Waals surface area contributed by atoms with Crippen molar-refractivity contribution < 1.29 is 26.8 Å². The van der Waals surface area contributed by atoms with Crippen LogP contribution in [-0.4, -0.2) is 70.5 Å². The van der Waals surface area contributed by atoms with Crippen LogP contribution in [-0.2, 0) is 14.8 Å². The molecule has 1 fully saturated rings. The van der Waals surface area contributed by atoms with Crippen molar-refractivity contribution in [1.82, 2.24) is 14.5 Å². The number of nitrogens with one attached hydrogen (secondary N) is 1. The molecule has 1 aliphatic rings. The number of hydrogen-bond acceptors (Lipinski definition) is 6. The lowest BCUT2D eigenvalue weighted by atomic mass is 10.1. The van der Waals surface area contributed by atoms with Gasteiger partial charge in [0.25, 0.3) is 5.91 Å². The van der Waals surface area contributed by atoms with Gasteiger partial charge in [-0.1, -0.05) is 0 Å². The molecular formula is C19H24FN3O5S. The number of rotatable bonds is 7. The molecule has 0 radical (unpaired) electrons. The van der Waals surface area contributed by atoms with Gasteiger partial charge in [0.15, 0.2) is 0 Å². The number of morpholine rings is 1. The molecule has 1 saturated heterocycles. The number of likely N-dealkylation sites (N-methyl/N-ethyl adjacent to an activating group) is 1. The minimum Gasteiger partial charge on any atom is -0.468 e. The van der Waals surface area contributed by atoms with Crippen molar-refractivity contribution in [2.45, 2.75) is 10.9 Å². The van der Waals surface area contributed by atoms with E-state index in [9.17, 15) is 17.6 Å². The number of hydrogen-bond donors (Lipinski definition) is 1. The summed E-state index contributed by atoms with van der Waals surface area (Å²) in [6.45, 7) is 1.20. The molecule has 1 aliphatic heterocycles. The summed E-state index contributed by atoms with van der Waals surface area (Å²) in [4.78, 5) is 14.3. The SMILES string of the molecule is CN(C)C(CNC(=O)c1cc(S(=O)(=O)N2CCOCC2)ccc1F)c1ccco1. The standard InChI is InChI=1S/C19H24FN3O5S/c1-22(2)17(18-4-3-9-28-18)13-21-19(24)15-12-14(5-6-16(15)20)29(25,26)23-7-10-27-11-8-23/h3-6,9,12,17H,7-8,10-11,13H2,1-2H3,(H,21,24). The van der Waals surface area contributed by atoms with Crippen LogP contribution in [0.5, 0.6) is 0 Å². The molecule has 0 saturated carbocycles. The van der Waals surface area contributed by atoms with Crippen LogP contribution in [0.15, 0.2) is 45.9 Å². The number of amides is 1. The van der Waals surface area contributed by atoms with Crippen LogP contribution in [0.2, 0.25) is 0 Å². The predicted octanol–water partition coefficient (Wildman–Crippen LogP) is 1.47. The zero-order valence-corrected chi connectivity index (χ0v) is 17.1. The number of carbonyl (C=O) groups is 1. The molecular weight excluding hydrogens is 401 g/mol. The van der Waals surface area contributed by atoms with Crippen LogP contribution >= 0.6 is 0 Å². The molecule has 0 spiro atoms. The molecule has 2 aromatic rings. The number of nitrogens with zero attached hydrogens (tertiary/aromatic N) is 2. The highest BCUT2D eigenvalue weighted by Crippen LogP contribution is 2.21. The molecule has 0 bridgehead atoms. The second-order valence-corrected chi connectivity index (χ2v) is 8.80. The van der Waals surface area contributed by atoms with E-state index in [0.29, 0.717) is 19.0 Å². The zero-order chi connectivity index (χ0) is 21.0. The lowest BCUT2D eigenvalue weighted by Crippen LogP contribution is -2.40. The Morgan fingerprint density at radius 1 is 1.28 bits per heavy atom. The Bertz CT molecular complexity index is 941. The monoisotopic (exact) mass is 425 g/mol. The Balaban J connectivity index is 1.77. The fourth-order valence-corrected chi connectivity index (χ4v) is 4.51. The van der Waals surface area contributed by atoms with Gasteiger partial charge in [-0.15, -0.1) is 0 Å². The molecule has 1 amide bonds. The summed E-state index contributed by atoms with van der Waals surface area (Å²) in [5, 5.41) is 2.66. The molecule has 1 aromatic heterocycles. The summed E-state index contributed by atoms with van der Waals surface area (Å²) in [6.07, 6.45) is 1.54. The fraction of sp³-hybridized carbons (Fsp3) is 0.421. The second-order valence-electron chi connectivity index (χ2n) is 6.86. The highest BCUT2D eigenvalue weighted by molar-refractivity contribution is 7.89. The maximum atomic E-state index is 14.3. The Kier molecular flexibility index (Phi) is 6.68. The normalized spacial score (nSPS) is 16.7. The molecule has 10 heteroatoms. The van der Waals surface area contributed by atoms with E-state index in [1.165, 1.54) is 16.6 Å². The third-order valence-corrected chi connectivity index (χ3v) is 6.64. The second kappa shape index (κ2) is 9.04. The Morgan fingerprint density at radius 3 is 2.62 bits per heavy atom. The number of sulfonamides is 1. The summed E-state index contributed by atoms with van der Waals surface area (Å²) in [7, 11) is -0.174. The molecule has 1 aromatic carbocycles. The first-order valence-electron chi connectivity index (χ1n) is 9.16. The summed E-state index contributed by atoms with van der Waals surface area (Å²) >= 11 is 0. The van der Waals surface area contributed by atoms with Crippen molar-refractivity contribution in [3.63, 3.8) is 0 Å². The predicted molar refractivity (Wildman–Crippen MR) is 103 cm³/mol. The van der Waals surface area contributed by atoms with Gasteiger partial charge in [-0.25, -0.2) is 12.8 Å². The minimum atomic E-state index is -3.83. The highest BCUT2D eigenvalue weighted by Gasteiger charge is 2.28. The highest BCUT2D eigenvalue weighted by atomic mass is 32.2. The molecule has 1 N–H and O–H groups in total. The van der Waals surface area contributed by atoms with E-state index >= 15 is 0 Å². The van der Waals surface area contributed by atoms with Crippen molar-refractivity contribution >= 4 is 15.9 Å². The Hall–Kier alpha value is -2.27. The van der Waals surface area contributed by atoms with Crippen LogP contribution in [0, 0.1) is 5.82 Å². The average molecular weight is 425 g/mol. The maximum Gasteiger partial charge on any atom is 0.254 e. The van der Waals surface area contributed by atoms with Crippen molar-refractivity contribution in [1.29, 1.82) is 0 Å². The first kappa shape index (κ1) is 21.4. The van der Waals surface area contributed by atoms with E-state index in [1.54, 1.807) is 12.1 Å². The molecule has 8 nitrogen and oxygen atoms in total. The van der Waals surface area contributed by atoms with Gasteiger partial charge in [-0.2, -0.15) is 4.31 Å². The van der Waals surface area contributed by atoms with Gasteiger partial charge in [0, 0.05) is 19.6 Å². The third kappa shape index (κ3) is 4.84. The van der Waals surface area contributed by atoms with Crippen molar-refractivity contribution in [2.24, 2.45) is 0 Å². The van der Waals surface area contributed by atoms with Gasteiger partial charge in [-0.05, 0) is 44.4 Å². The fourth-order valence-electron chi connectivity index (χ4n) is 3.08. The van der Waals surface area contributed by atoms with E-state index in [4.69, 9.17) is 9.15 Å². The number of halogens is 1. The molecule has 1 atom stereocenters. The van der Waals surface area contributed by atoms with Gasteiger partial charge in [0.2, 0.25) is 10.0 Å². The van der Waals surface area contributed by atoms with Gasteiger partial charge in [-0.3, -0.25) is 9.69 Å². The van der Waals surface area contributed by atoms with Crippen LogP contribution in [0.25, 0.3) is 0 Å². The number of furan rings is 1. The number of benzene rings is 1. The summed E-state index contributed by atoms with van der Waals surface area (Å²) in [6, 6.07) is 6.52. The Morgan fingerprint density at radius 2 is 2.00 bits per heavy atom. The average Bonchev–Trinajstić information content (AvgIpc) is 3.23. The lowest BCUT2D eigenvalue weighted by molar-refractivity contribution is 0.0730. The van der Waals surface area contributed by atoms with Crippen molar-refractivity contribution in [2.75, 3.05) is 46.9 Å². The Labute approximate surface area is 169 Å². The molecule has 3 rings (SSSR count). The van der Waals surface area contributed by atoms with Crippen LogP contribution in [0.3, 0.4) is 0 Å². The van der Waals surface area contributed by atoms with E-state index < -0.39 is 21.7 Å². The summed E-state index contributed by atoms with van der Waals surface area (Å²) in [5.74, 6) is -0.831. The van der Waals surface area contributed by atoms with Gasteiger partial charge in [0.05, 0.1) is 36.0 Å². The number of ether oxygens (including phenoxy) is 1. The zero-order valence-electron chi connectivity index (χ0n) is 16.3. The quantitative estimate of drug-likeness (QED) is 0.722. The molecule has 2 heterocycles. The van der Waals surface area contributed by atoms with Crippen LogP contribution < -0.4 is 5.32 Å². The van der Waals surface area contributed by atoms with Crippen molar-refractivity contribution in [3.05, 3.63) is 53.7 Å². The van der Waals surface area contributed by atoms with Gasteiger partial charge < -0.3 is 14.5 Å². The first-order valence-corrected chi connectivity index (χ1v) is 10.6. The minimum absolute atomic E-state index is 0.124. The molecule has 0 aliphatic carbocycles. The third-order valence-electron chi connectivity index (χ3n) is 4.74. The van der Waals surface area contributed by atoms with E-state index in [0.717, 1.165) is 12.1 Å². The van der Waals surface area contributed by atoms with Gasteiger partial charge in [0.1, 0.15) is 11.6 Å². The van der Waals surface area contributed by atoms with Crippen LogP contribution in [0.4, 0.5) is 4.39 Å². The van der Waals surface area contributed by atoms with E-state index in [-0.39, 0.29) is 36.1 Å². The summed E-state index contributed by atoms with van der Waals surface area (Å²) < 4.78 is 51.7. The van der Waals surface area contributed by atoms with E-state index in [1.807, 2.05) is 19.0 Å². The van der Waals surface area contributed by atoms with Crippen molar-refractivity contribution in [3.8, 4) is 0 Å². The smallest absolute Gasteiger partial charge is 0.254 e. The molecule has 29 heavy (non-hydrogen) atoms. The summed E-state index contributed by atoms with van der Waals surface area (Å²) in [5.41, 5.74) is -0.323. The molecule has 158 valence electrons. The first-order chi connectivity index (χ1) is 13.8. The van der Waals surface area contributed by atoms with Gasteiger partial charge >= 0.3 is 0 Å². The van der Waals surface area contributed by atoms with Crippen LogP contribution in [0.1, 0.15) is 22.2 Å². The maximum absolute atomic E-state index is 14.3.